The van der Waals surface area contributed by atoms with E-state index >= 15 is 0 Å². The summed E-state index contributed by atoms with van der Waals surface area (Å²) in [6.07, 6.45) is 3.80. The molecule has 1 N–H and O–H groups in total. The fourth-order valence-electron chi connectivity index (χ4n) is 2.60. The van der Waals surface area contributed by atoms with Crippen LogP contribution in [0.1, 0.15) is 22.9 Å². The Morgan fingerprint density at radius 3 is 2.65 bits per heavy atom. The van der Waals surface area contributed by atoms with Gasteiger partial charge in [-0.15, -0.1) is 0 Å². The maximum atomic E-state index is 12.7. The third-order valence-electron chi connectivity index (χ3n) is 3.92. The molecule has 0 saturated carbocycles. The van der Waals surface area contributed by atoms with E-state index in [1.807, 2.05) is 74.3 Å². The van der Waals surface area contributed by atoms with Crippen LogP contribution >= 0.6 is 11.8 Å². The van der Waals surface area contributed by atoms with Crippen LogP contribution in [-0.4, -0.2) is 40.7 Å². The summed E-state index contributed by atoms with van der Waals surface area (Å²) in [7, 11) is 5.81. The van der Waals surface area contributed by atoms with Crippen molar-refractivity contribution < 1.29 is 4.79 Å². The van der Waals surface area contributed by atoms with Gasteiger partial charge in [0.25, 0.3) is 0 Å². The number of hydrogen-bond donors (Lipinski definition) is 1. The van der Waals surface area contributed by atoms with E-state index in [1.165, 1.54) is 0 Å². The third kappa shape index (κ3) is 3.95. The molecule has 2 aromatic rings. The molecule has 0 saturated heterocycles. The van der Waals surface area contributed by atoms with Crippen molar-refractivity contribution in [2.75, 3.05) is 20.4 Å². The molecule has 0 bridgehead atoms. The number of aromatic nitrogens is 2. The lowest BCUT2D eigenvalue weighted by molar-refractivity contribution is -0.126. The number of nitrogens with one attached hydrogen (secondary N) is 1. The first kappa shape index (κ1) is 17.6. The number of aryl methyl sites for hydroxylation is 1. The van der Waals surface area contributed by atoms with Crippen molar-refractivity contribution in [2.24, 2.45) is 7.05 Å². The summed E-state index contributed by atoms with van der Waals surface area (Å²) >= 11 is 1.59. The molecular weight excluding hydrogens is 308 g/mol. The Morgan fingerprint density at radius 1 is 1.39 bits per heavy atom. The predicted octanol–water partition coefficient (Wildman–Crippen LogP) is 2.37. The molecule has 5 nitrogen and oxygen atoms in total. The van der Waals surface area contributed by atoms with Gasteiger partial charge in [0.05, 0.1) is 18.4 Å². The van der Waals surface area contributed by atoms with Crippen molar-refractivity contribution in [1.29, 1.82) is 0 Å². The van der Waals surface area contributed by atoms with E-state index in [1.54, 1.807) is 11.8 Å². The quantitative estimate of drug-likeness (QED) is 0.825. The SMILES string of the molecule is CSc1ncc(CNC(=O)C(c2ccccc2C)N(C)C)n1C. The molecule has 2 rings (SSSR count). The summed E-state index contributed by atoms with van der Waals surface area (Å²) in [6, 6.07) is 7.70. The van der Waals surface area contributed by atoms with E-state index in [2.05, 4.69) is 10.3 Å². The highest BCUT2D eigenvalue weighted by atomic mass is 32.2. The molecule has 124 valence electrons. The van der Waals surface area contributed by atoms with Crippen LogP contribution in [0.25, 0.3) is 0 Å². The Labute approximate surface area is 142 Å². The van der Waals surface area contributed by atoms with Crippen LogP contribution < -0.4 is 5.32 Å². The summed E-state index contributed by atoms with van der Waals surface area (Å²) < 4.78 is 2.00. The van der Waals surface area contributed by atoms with Crippen LogP contribution in [0.5, 0.6) is 0 Å². The van der Waals surface area contributed by atoms with E-state index in [4.69, 9.17) is 0 Å². The van der Waals surface area contributed by atoms with Crippen molar-refractivity contribution >= 4 is 17.7 Å². The number of thioether (sulfide) groups is 1. The van der Waals surface area contributed by atoms with Crippen LogP contribution in [0.15, 0.2) is 35.6 Å². The zero-order valence-electron chi connectivity index (χ0n) is 14.3. The summed E-state index contributed by atoms with van der Waals surface area (Å²) in [5.41, 5.74) is 3.14. The second kappa shape index (κ2) is 7.66. The van der Waals surface area contributed by atoms with Crippen LogP contribution in [0.2, 0.25) is 0 Å². The molecule has 23 heavy (non-hydrogen) atoms. The Morgan fingerprint density at radius 2 is 2.09 bits per heavy atom. The van der Waals surface area contributed by atoms with Gasteiger partial charge in [0.1, 0.15) is 6.04 Å². The van der Waals surface area contributed by atoms with E-state index in [0.717, 1.165) is 22.0 Å². The van der Waals surface area contributed by atoms with Crippen molar-refractivity contribution in [3.63, 3.8) is 0 Å². The smallest absolute Gasteiger partial charge is 0.242 e. The first-order chi connectivity index (χ1) is 11.0. The van der Waals surface area contributed by atoms with Gasteiger partial charge in [-0.2, -0.15) is 0 Å². The second-order valence-corrected chi connectivity index (χ2v) is 6.51. The first-order valence-electron chi connectivity index (χ1n) is 7.50. The van der Waals surface area contributed by atoms with Gasteiger partial charge in [-0.05, 0) is 38.4 Å². The lowest BCUT2D eigenvalue weighted by Gasteiger charge is -2.25. The van der Waals surface area contributed by atoms with Crippen LogP contribution in [0, 0.1) is 6.92 Å². The number of rotatable bonds is 6. The number of carbonyl (C=O) groups is 1. The molecule has 1 aromatic heterocycles. The average molecular weight is 332 g/mol. The molecule has 1 amide bonds. The minimum Gasteiger partial charge on any atom is -0.349 e. The van der Waals surface area contributed by atoms with Gasteiger partial charge in [0.2, 0.25) is 5.91 Å². The van der Waals surface area contributed by atoms with Crippen LogP contribution in [-0.2, 0) is 18.4 Å². The fraction of sp³-hybridized carbons (Fsp3) is 0.412. The lowest BCUT2D eigenvalue weighted by Crippen LogP contribution is -2.37. The molecule has 1 atom stereocenters. The average Bonchev–Trinajstić information content (AvgIpc) is 2.87. The van der Waals surface area contributed by atoms with E-state index in [0.29, 0.717) is 6.54 Å². The summed E-state index contributed by atoms with van der Waals surface area (Å²) in [4.78, 5) is 19.0. The zero-order valence-corrected chi connectivity index (χ0v) is 15.1. The van der Waals surface area contributed by atoms with E-state index in [9.17, 15) is 4.79 Å². The maximum absolute atomic E-state index is 12.7. The number of nitrogens with zero attached hydrogens (tertiary/aromatic N) is 3. The Balaban J connectivity index is 2.13. The highest BCUT2D eigenvalue weighted by Crippen LogP contribution is 2.22. The molecule has 0 aliphatic heterocycles. The highest BCUT2D eigenvalue weighted by Gasteiger charge is 2.24. The van der Waals surface area contributed by atoms with Gasteiger partial charge in [0.15, 0.2) is 5.16 Å². The molecule has 1 heterocycles. The normalized spacial score (nSPS) is 12.4. The van der Waals surface area contributed by atoms with Crippen LogP contribution in [0.3, 0.4) is 0 Å². The Hall–Kier alpha value is -1.79. The number of hydrogen-bond acceptors (Lipinski definition) is 4. The van der Waals surface area contributed by atoms with Crippen molar-refractivity contribution in [3.05, 3.63) is 47.3 Å². The van der Waals surface area contributed by atoms with E-state index < -0.39 is 0 Å². The molecular formula is C17H24N4OS. The Kier molecular flexibility index (Phi) is 5.85. The van der Waals surface area contributed by atoms with Crippen molar-refractivity contribution in [3.8, 4) is 0 Å². The van der Waals surface area contributed by atoms with Gasteiger partial charge in [-0.1, -0.05) is 36.0 Å². The standard InChI is InChI=1S/C17H24N4OS/c1-12-8-6-7-9-14(12)15(20(2)3)16(22)18-10-13-11-19-17(23-5)21(13)4/h6-9,11,15H,10H2,1-5H3,(H,18,22). The van der Waals surface area contributed by atoms with Gasteiger partial charge < -0.3 is 9.88 Å². The summed E-state index contributed by atoms with van der Waals surface area (Å²) in [6.45, 7) is 2.50. The molecule has 0 spiro atoms. The van der Waals surface area contributed by atoms with Crippen molar-refractivity contribution in [1.82, 2.24) is 19.8 Å². The number of benzene rings is 1. The molecule has 0 radical (unpaired) electrons. The molecule has 0 fully saturated rings. The number of carbonyl (C=O) groups excluding carboxylic acids is 1. The number of imidazole rings is 1. The lowest BCUT2D eigenvalue weighted by atomic mass is 10.00. The van der Waals surface area contributed by atoms with Crippen LogP contribution in [0.4, 0.5) is 0 Å². The predicted molar refractivity (Wildman–Crippen MR) is 94.4 cm³/mol. The minimum absolute atomic E-state index is 0.00352. The summed E-state index contributed by atoms with van der Waals surface area (Å²) in [5.74, 6) is -0.00352. The molecule has 0 aliphatic rings. The third-order valence-corrected chi connectivity index (χ3v) is 4.66. The zero-order chi connectivity index (χ0) is 17.0. The van der Waals surface area contributed by atoms with Gasteiger partial charge in [0, 0.05) is 7.05 Å². The largest absolute Gasteiger partial charge is 0.349 e. The van der Waals surface area contributed by atoms with Gasteiger partial charge in [-0.25, -0.2) is 4.98 Å². The van der Waals surface area contributed by atoms with Gasteiger partial charge >= 0.3 is 0 Å². The van der Waals surface area contributed by atoms with Gasteiger partial charge in [-0.3, -0.25) is 9.69 Å². The molecule has 6 heteroatoms. The summed E-state index contributed by atoms with van der Waals surface area (Å²) in [5, 5.41) is 3.98. The topological polar surface area (TPSA) is 50.2 Å². The maximum Gasteiger partial charge on any atom is 0.242 e. The number of amides is 1. The molecule has 0 aliphatic carbocycles. The second-order valence-electron chi connectivity index (χ2n) is 5.74. The minimum atomic E-state index is -0.301. The molecule has 1 aromatic carbocycles. The van der Waals surface area contributed by atoms with E-state index in [-0.39, 0.29) is 11.9 Å². The fourth-order valence-corrected chi connectivity index (χ4v) is 3.15. The van der Waals surface area contributed by atoms with Crippen molar-refractivity contribution in [2.45, 2.75) is 24.7 Å². The number of likely N-dealkylation sites (N-methyl/N-ethyl adjacent to an activating group) is 1. The highest BCUT2D eigenvalue weighted by molar-refractivity contribution is 7.98. The first-order valence-corrected chi connectivity index (χ1v) is 8.72. The monoisotopic (exact) mass is 332 g/mol. The molecule has 1 unspecified atom stereocenters. The Bertz CT molecular complexity index is 681.